The fourth-order valence-corrected chi connectivity index (χ4v) is 2.67. The molecular formula is C20H20F3N5O2. The molecule has 2 heterocycles. The molecule has 0 radical (unpaired) electrons. The molecule has 0 aliphatic carbocycles. The number of methoxy groups -OCH3 is 1. The van der Waals surface area contributed by atoms with E-state index in [0.29, 0.717) is 24.4 Å². The van der Waals surface area contributed by atoms with E-state index >= 15 is 0 Å². The number of halogens is 3. The van der Waals surface area contributed by atoms with E-state index < -0.39 is 11.7 Å². The lowest BCUT2D eigenvalue weighted by Gasteiger charge is -2.15. The third-order valence-electron chi connectivity index (χ3n) is 4.05. The Morgan fingerprint density at radius 1 is 1.07 bits per heavy atom. The first kappa shape index (κ1) is 21.3. The second kappa shape index (κ2) is 9.40. The van der Waals surface area contributed by atoms with Crippen molar-refractivity contribution in [3.63, 3.8) is 0 Å². The highest BCUT2D eigenvalue weighted by Crippen LogP contribution is 2.38. The lowest BCUT2D eigenvalue weighted by Crippen LogP contribution is -2.10. The lowest BCUT2D eigenvalue weighted by molar-refractivity contribution is -0.138. The van der Waals surface area contributed by atoms with Gasteiger partial charge in [0.15, 0.2) is 0 Å². The van der Waals surface area contributed by atoms with Crippen LogP contribution in [0.15, 0.2) is 48.7 Å². The smallest absolute Gasteiger partial charge is 0.420 e. The SMILES string of the molecule is COc1ccc(Nc2cc(-c3ccccn3)nc(NCCCO)n2)cc1C(F)(F)F. The average molecular weight is 419 g/mol. The standard InChI is InChI=1S/C20H20F3N5O2/c1-30-17-7-6-13(11-14(17)20(21,22)23)26-18-12-16(15-5-2-3-8-24-15)27-19(28-18)25-9-4-10-29/h2-3,5-8,11-12,29H,4,9-10H2,1H3,(H2,25,26,27,28). The molecule has 1 aromatic carbocycles. The number of hydrogen-bond acceptors (Lipinski definition) is 7. The summed E-state index contributed by atoms with van der Waals surface area (Å²) < 4.78 is 44.7. The van der Waals surface area contributed by atoms with Gasteiger partial charge in [0.2, 0.25) is 5.95 Å². The zero-order valence-corrected chi connectivity index (χ0v) is 16.1. The predicted molar refractivity (Wildman–Crippen MR) is 107 cm³/mol. The summed E-state index contributed by atoms with van der Waals surface area (Å²) in [5.74, 6) is 0.283. The molecule has 0 aliphatic heterocycles. The number of aliphatic hydroxyl groups is 1. The van der Waals surface area contributed by atoms with Crippen LogP contribution >= 0.6 is 0 Å². The molecule has 10 heteroatoms. The van der Waals surface area contributed by atoms with E-state index in [0.717, 1.165) is 6.07 Å². The second-order valence-corrected chi connectivity index (χ2v) is 6.22. The summed E-state index contributed by atoms with van der Waals surface area (Å²) in [5, 5.41) is 14.8. The topological polar surface area (TPSA) is 92.2 Å². The molecule has 0 saturated heterocycles. The molecule has 3 rings (SSSR count). The molecule has 0 saturated carbocycles. The summed E-state index contributed by atoms with van der Waals surface area (Å²) in [5.41, 5.74) is 0.369. The van der Waals surface area contributed by atoms with Crippen LogP contribution in [0.4, 0.5) is 30.6 Å². The van der Waals surface area contributed by atoms with Gasteiger partial charge in [-0.15, -0.1) is 0 Å². The third-order valence-corrected chi connectivity index (χ3v) is 4.05. The summed E-state index contributed by atoms with van der Waals surface area (Å²) >= 11 is 0. The Morgan fingerprint density at radius 2 is 1.90 bits per heavy atom. The Hall–Kier alpha value is -3.40. The highest BCUT2D eigenvalue weighted by atomic mass is 19.4. The van der Waals surface area contributed by atoms with Gasteiger partial charge in [0.1, 0.15) is 11.6 Å². The number of aliphatic hydroxyl groups excluding tert-OH is 1. The molecule has 2 aromatic heterocycles. The van der Waals surface area contributed by atoms with Crippen LogP contribution in [0.25, 0.3) is 11.4 Å². The van der Waals surface area contributed by atoms with Crippen molar-refractivity contribution >= 4 is 17.5 Å². The summed E-state index contributed by atoms with van der Waals surface area (Å²) in [4.78, 5) is 13.0. The first-order valence-corrected chi connectivity index (χ1v) is 9.08. The highest BCUT2D eigenvalue weighted by Gasteiger charge is 2.34. The van der Waals surface area contributed by atoms with Crippen LogP contribution in [0, 0.1) is 0 Å². The Balaban J connectivity index is 1.95. The quantitative estimate of drug-likeness (QED) is 0.474. The van der Waals surface area contributed by atoms with Gasteiger partial charge in [0, 0.05) is 31.1 Å². The monoisotopic (exact) mass is 419 g/mol. The minimum absolute atomic E-state index is 0.00407. The molecule has 0 amide bonds. The molecular weight excluding hydrogens is 399 g/mol. The fourth-order valence-electron chi connectivity index (χ4n) is 2.67. The minimum atomic E-state index is -4.56. The van der Waals surface area contributed by atoms with Crippen molar-refractivity contribution in [2.45, 2.75) is 12.6 Å². The van der Waals surface area contributed by atoms with Gasteiger partial charge in [-0.25, -0.2) is 4.98 Å². The molecule has 0 aliphatic rings. The molecule has 30 heavy (non-hydrogen) atoms. The zero-order chi connectivity index (χ0) is 21.6. The maximum atomic E-state index is 13.3. The average Bonchev–Trinajstić information content (AvgIpc) is 2.74. The molecule has 0 unspecified atom stereocenters. The van der Waals surface area contributed by atoms with Gasteiger partial charge in [0.05, 0.1) is 24.1 Å². The van der Waals surface area contributed by atoms with Gasteiger partial charge in [-0.05, 0) is 36.8 Å². The number of hydrogen-bond donors (Lipinski definition) is 3. The molecule has 158 valence electrons. The van der Waals surface area contributed by atoms with E-state index in [1.165, 1.54) is 19.2 Å². The van der Waals surface area contributed by atoms with E-state index in [4.69, 9.17) is 9.84 Å². The Labute approximate surface area is 171 Å². The van der Waals surface area contributed by atoms with Gasteiger partial charge < -0.3 is 20.5 Å². The van der Waals surface area contributed by atoms with Crippen LogP contribution < -0.4 is 15.4 Å². The van der Waals surface area contributed by atoms with Crippen LogP contribution in [0.3, 0.4) is 0 Å². The molecule has 7 nitrogen and oxygen atoms in total. The largest absolute Gasteiger partial charge is 0.496 e. The van der Waals surface area contributed by atoms with Crippen LogP contribution in [0.1, 0.15) is 12.0 Å². The molecule has 3 N–H and O–H groups in total. The van der Waals surface area contributed by atoms with Crippen LogP contribution in [-0.2, 0) is 6.18 Å². The van der Waals surface area contributed by atoms with Gasteiger partial charge >= 0.3 is 6.18 Å². The maximum Gasteiger partial charge on any atom is 0.420 e. The Morgan fingerprint density at radius 3 is 2.57 bits per heavy atom. The van der Waals surface area contributed by atoms with Crippen molar-refractivity contribution in [3.05, 3.63) is 54.2 Å². The molecule has 0 fully saturated rings. The number of nitrogens with zero attached hydrogens (tertiary/aromatic N) is 3. The minimum Gasteiger partial charge on any atom is -0.496 e. The van der Waals surface area contributed by atoms with Gasteiger partial charge in [-0.3, -0.25) is 4.98 Å². The number of ether oxygens (including phenoxy) is 1. The number of anilines is 3. The van der Waals surface area contributed by atoms with Gasteiger partial charge in [-0.1, -0.05) is 6.07 Å². The van der Waals surface area contributed by atoms with Crippen molar-refractivity contribution < 1.29 is 23.0 Å². The van der Waals surface area contributed by atoms with E-state index in [2.05, 4.69) is 25.6 Å². The van der Waals surface area contributed by atoms with Crippen LogP contribution in [-0.4, -0.2) is 40.3 Å². The lowest BCUT2D eigenvalue weighted by atomic mass is 10.1. The number of benzene rings is 1. The van der Waals surface area contributed by atoms with Crippen molar-refractivity contribution in [2.24, 2.45) is 0 Å². The van der Waals surface area contributed by atoms with Crippen molar-refractivity contribution in [1.29, 1.82) is 0 Å². The molecule has 0 spiro atoms. The number of aromatic nitrogens is 3. The van der Waals surface area contributed by atoms with Crippen LogP contribution in [0.5, 0.6) is 5.75 Å². The normalized spacial score (nSPS) is 11.2. The Bertz CT molecular complexity index is 984. The van der Waals surface area contributed by atoms with E-state index in [1.807, 2.05) is 0 Å². The number of rotatable bonds is 8. The van der Waals surface area contributed by atoms with Gasteiger partial charge in [-0.2, -0.15) is 18.2 Å². The van der Waals surface area contributed by atoms with Crippen molar-refractivity contribution in [3.8, 4) is 17.1 Å². The van der Waals surface area contributed by atoms with Crippen molar-refractivity contribution in [2.75, 3.05) is 30.9 Å². The molecule has 3 aromatic rings. The third kappa shape index (κ3) is 5.35. The van der Waals surface area contributed by atoms with Crippen LogP contribution in [0.2, 0.25) is 0 Å². The number of pyridine rings is 1. The zero-order valence-electron chi connectivity index (χ0n) is 16.1. The number of alkyl halides is 3. The first-order valence-electron chi connectivity index (χ1n) is 9.08. The summed E-state index contributed by atoms with van der Waals surface area (Å²) in [7, 11) is 1.19. The molecule has 0 bridgehead atoms. The van der Waals surface area contributed by atoms with E-state index in [9.17, 15) is 13.2 Å². The molecule has 0 atom stereocenters. The summed E-state index contributed by atoms with van der Waals surface area (Å²) in [6.07, 6.45) is -2.46. The first-order chi connectivity index (χ1) is 14.4. The highest BCUT2D eigenvalue weighted by molar-refractivity contribution is 5.66. The van der Waals surface area contributed by atoms with E-state index in [1.54, 1.807) is 30.5 Å². The summed E-state index contributed by atoms with van der Waals surface area (Å²) in [6, 6.07) is 10.6. The Kier molecular flexibility index (Phi) is 6.68. The predicted octanol–water partition coefficient (Wildman–Crippen LogP) is 4.10. The van der Waals surface area contributed by atoms with Crippen molar-refractivity contribution in [1.82, 2.24) is 15.0 Å². The fraction of sp³-hybridized carbons (Fsp3) is 0.250. The maximum absolute atomic E-state index is 13.3. The van der Waals surface area contributed by atoms with E-state index in [-0.39, 0.29) is 29.8 Å². The summed E-state index contributed by atoms with van der Waals surface area (Å²) in [6.45, 7) is 0.437. The van der Waals surface area contributed by atoms with Gasteiger partial charge in [0.25, 0.3) is 0 Å². The second-order valence-electron chi connectivity index (χ2n) is 6.22. The number of nitrogens with one attached hydrogen (secondary N) is 2.